The van der Waals surface area contributed by atoms with Gasteiger partial charge in [-0.25, -0.2) is 4.98 Å². The summed E-state index contributed by atoms with van der Waals surface area (Å²) in [4.78, 5) is 6.73. The largest absolute Gasteiger partial charge is 0.394 e. The standard InChI is InChI=1S/C17H24N4O/c1-2-3-4-5-7-14-12-19-21-16(9-10-18-17(14)21)20-11-6-8-15(20)13-22/h5,7,9-10,12,15,22H,2-4,6,8,11,13H2,1H3/b7-5+/t15-/m0/s1. The van der Waals surface area contributed by atoms with Crippen molar-refractivity contribution < 1.29 is 5.11 Å². The number of nitrogens with zero attached hydrogens (tertiary/aromatic N) is 4. The summed E-state index contributed by atoms with van der Waals surface area (Å²) in [6, 6.07) is 2.18. The quantitative estimate of drug-likeness (QED) is 0.833. The zero-order valence-electron chi connectivity index (χ0n) is 13.1. The normalized spacial score (nSPS) is 18.8. The van der Waals surface area contributed by atoms with Gasteiger partial charge in [0.25, 0.3) is 0 Å². The highest BCUT2D eigenvalue weighted by Gasteiger charge is 2.26. The van der Waals surface area contributed by atoms with E-state index in [0.29, 0.717) is 0 Å². The molecule has 118 valence electrons. The molecule has 1 aliphatic rings. The highest BCUT2D eigenvalue weighted by atomic mass is 16.3. The molecule has 0 spiro atoms. The maximum atomic E-state index is 9.54. The van der Waals surface area contributed by atoms with Gasteiger partial charge in [-0.2, -0.15) is 9.61 Å². The number of allylic oxidation sites excluding steroid dienone is 1. The van der Waals surface area contributed by atoms with Gasteiger partial charge in [0.15, 0.2) is 5.65 Å². The summed E-state index contributed by atoms with van der Waals surface area (Å²) >= 11 is 0. The minimum Gasteiger partial charge on any atom is -0.394 e. The Morgan fingerprint density at radius 2 is 2.36 bits per heavy atom. The van der Waals surface area contributed by atoms with Crippen LogP contribution in [0.25, 0.3) is 11.7 Å². The summed E-state index contributed by atoms with van der Waals surface area (Å²) < 4.78 is 1.90. The van der Waals surface area contributed by atoms with Crippen molar-refractivity contribution in [1.82, 2.24) is 14.6 Å². The molecule has 3 heterocycles. The molecule has 5 heteroatoms. The smallest absolute Gasteiger partial charge is 0.164 e. The molecule has 5 nitrogen and oxygen atoms in total. The molecule has 1 N–H and O–H groups in total. The number of hydrogen-bond donors (Lipinski definition) is 1. The van der Waals surface area contributed by atoms with Crippen LogP contribution in [0.15, 0.2) is 24.5 Å². The SMILES string of the molecule is CCCC/C=C/c1cnn2c(N3CCC[C@H]3CO)ccnc12. The fourth-order valence-corrected chi connectivity index (χ4v) is 3.09. The van der Waals surface area contributed by atoms with E-state index >= 15 is 0 Å². The molecule has 22 heavy (non-hydrogen) atoms. The van der Waals surface area contributed by atoms with Gasteiger partial charge < -0.3 is 10.0 Å². The van der Waals surface area contributed by atoms with Crippen molar-refractivity contribution >= 4 is 17.5 Å². The average Bonchev–Trinajstić information content (AvgIpc) is 3.18. The third-order valence-electron chi connectivity index (χ3n) is 4.31. The summed E-state index contributed by atoms with van der Waals surface area (Å²) in [6.45, 7) is 3.35. The predicted molar refractivity (Wildman–Crippen MR) is 89.0 cm³/mol. The average molecular weight is 300 g/mol. The van der Waals surface area contributed by atoms with E-state index in [1.165, 1.54) is 12.8 Å². The Hall–Kier alpha value is -1.88. The van der Waals surface area contributed by atoms with E-state index in [-0.39, 0.29) is 12.6 Å². The summed E-state index contributed by atoms with van der Waals surface area (Å²) in [5, 5.41) is 14.1. The Morgan fingerprint density at radius 3 is 3.18 bits per heavy atom. The number of rotatable bonds is 6. The second-order valence-electron chi connectivity index (χ2n) is 5.85. The molecule has 1 fully saturated rings. The van der Waals surface area contributed by atoms with Crippen molar-refractivity contribution in [2.45, 2.75) is 45.1 Å². The highest BCUT2D eigenvalue weighted by molar-refractivity contribution is 5.67. The third-order valence-corrected chi connectivity index (χ3v) is 4.31. The van der Waals surface area contributed by atoms with Crippen molar-refractivity contribution in [3.05, 3.63) is 30.1 Å². The van der Waals surface area contributed by atoms with Gasteiger partial charge in [0.1, 0.15) is 5.82 Å². The first-order chi connectivity index (χ1) is 10.8. The van der Waals surface area contributed by atoms with Crippen LogP contribution in [0.2, 0.25) is 0 Å². The van der Waals surface area contributed by atoms with Crippen molar-refractivity contribution in [2.24, 2.45) is 0 Å². The number of hydrogen-bond acceptors (Lipinski definition) is 4. The number of aromatic nitrogens is 3. The minimum atomic E-state index is 0.189. The predicted octanol–water partition coefficient (Wildman–Crippen LogP) is 2.89. The van der Waals surface area contributed by atoms with Crippen LogP contribution in [-0.2, 0) is 0 Å². The van der Waals surface area contributed by atoms with Crippen LogP contribution in [0, 0.1) is 0 Å². The Morgan fingerprint density at radius 1 is 1.45 bits per heavy atom. The van der Waals surface area contributed by atoms with Crippen LogP contribution < -0.4 is 4.90 Å². The lowest BCUT2D eigenvalue weighted by molar-refractivity contribution is 0.265. The summed E-state index contributed by atoms with van der Waals surface area (Å²) in [5.41, 5.74) is 1.94. The van der Waals surface area contributed by atoms with Crippen LogP contribution in [0.3, 0.4) is 0 Å². The second kappa shape index (κ2) is 6.92. The first-order valence-electron chi connectivity index (χ1n) is 8.22. The molecule has 2 aromatic heterocycles. The zero-order valence-corrected chi connectivity index (χ0v) is 13.1. The van der Waals surface area contributed by atoms with Gasteiger partial charge in [0.05, 0.1) is 18.8 Å². The van der Waals surface area contributed by atoms with Crippen LogP contribution in [0.4, 0.5) is 5.82 Å². The minimum absolute atomic E-state index is 0.189. The van der Waals surface area contributed by atoms with Crippen molar-refractivity contribution in [3.63, 3.8) is 0 Å². The van der Waals surface area contributed by atoms with Crippen molar-refractivity contribution in [2.75, 3.05) is 18.1 Å². The maximum absolute atomic E-state index is 9.54. The summed E-state index contributed by atoms with van der Waals surface area (Å²) in [6.07, 6.45) is 13.7. The van der Waals surface area contributed by atoms with Gasteiger partial charge in [-0.15, -0.1) is 0 Å². The van der Waals surface area contributed by atoms with E-state index in [4.69, 9.17) is 0 Å². The van der Waals surface area contributed by atoms with Gasteiger partial charge in [-0.1, -0.05) is 31.9 Å². The molecule has 3 rings (SSSR count). The summed E-state index contributed by atoms with van der Waals surface area (Å²) in [5.74, 6) is 1.02. The van der Waals surface area contributed by atoms with Crippen LogP contribution in [-0.4, -0.2) is 38.9 Å². The molecule has 1 atom stereocenters. The number of aliphatic hydroxyl groups is 1. The monoisotopic (exact) mass is 300 g/mol. The Balaban J connectivity index is 1.90. The van der Waals surface area contributed by atoms with E-state index in [1.54, 1.807) is 0 Å². The number of fused-ring (bicyclic) bond motifs is 1. The lowest BCUT2D eigenvalue weighted by Gasteiger charge is -2.25. The van der Waals surface area contributed by atoms with Gasteiger partial charge in [0, 0.05) is 18.3 Å². The van der Waals surface area contributed by atoms with Gasteiger partial charge in [-0.05, 0) is 25.3 Å². The highest BCUT2D eigenvalue weighted by Crippen LogP contribution is 2.26. The van der Waals surface area contributed by atoms with E-state index in [2.05, 4.69) is 34.1 Å². The van der Waals surface area contributed by atoms with Crippen molar-refractivity contribution in [3.8, 4) is 0 Å². The molecule has 1 saturated heterocycles. The van der Waals surface area contributed by atoms with Crippen molar-refractivity contribution in [1.29, 1.82) is 0 Å². The molecule has 0 amide bonds. The van der Waals surface area contributed by atoms with E-state index in [9.17, 15) is 5.11 Å². The topological polar surface area (TPSA) is 53.7 Å². The number of aliphatic hydroxyl groups excluding tert-OH is 1. The number of anilines is 1. The van der Waals surface area contributed by atoms with E-state index < -0.39 is 0 Å². The third kappa shape index (κ3) is 2.86. The zero-order chi connectivity index (χ0) is 15.4. The first-order valence-corrected chi connectivity index (χ1v) is 8.22. The van der Waals surface area contributed by atoms with E-state index in [1.807, 2.05) is 23.0 Å². The molecule has 0 radical (unpaired) electrons. The molecule has 0 aromatic carbocycles. The van der Waals surface area contributed by atoms with Crippen LogP contribution in [0.1, 0.15) is 44.6 Å². The molecule has 0 aliphatic carbocycles. The lowest BCUT2D eigenvalue weighted by atomic mass is 10.2. The molecule has 0 bridgehead atoms. The Bertz CT molecular complexity index is 649. The summed E-state index contributed by atoms with van der Waals surface area (Å²) in [7, 11) is 0. The van der Waals surface area contributed by atoms with E-state index in [0.717, 1.165) is 42.8 Å². The fraction of sp³-hybridized carbons (Fsp3) is 0.529. The molecule has 2 aromatic rings. The Kier molecular flexibility index (Phi) is 4.73. The Labute approximate surface area is 131 Å². The lowest BCUT2D eigenvalue weighted by Crippen LogP contribution is -2.33. The molecular weight excluding hydrogens is 276 g/mol. The molecular formula is C17H24N4O. The number of unbranched alkanes of at least 4 members (excludes halogenated alkanes) is 2. The van der Waals surface area contributed by atoms with Gasteiger partial charge in [-0.3, -0.25) is 0 Å². The molecule has 1 aliphatic heterocycles. The first kappa shape index (κ1) is 15.0. The second-order valence-corrected chi connectivity index (χ2v) is 5.85. The fourth-order valence-electron chi connectivity index (χ4n) is 3.09. The van der Waals surface area contributed by atoms with Gasteiger partial charge >= 0.3 is 0 Å². The molecule has 0 saturated carbocycles. The van der Waals surface area contributed by atoms with Crippen LogP contribution in [0.5, 0.6) is 0 Å². The molecule has 0 unspecified atom stereocenters. The van der Waals surface area contributed by atoms with Gasteiger partial charge in [0.2, 0.25) is 0 Å². The van der Waals surface area contributed by atoms with Crippen LogP contribution >= 0.6 is 0 Å². The maximum Gasteiger partial charge on any atom is 0.164 e.